The highest BCUT2D eigenvalue weighted by molar-refractivity contribution is 5.71. The number of carbonyl (C=O) groups is 1. The first kappa shape index (κ1) is 17.3. The molecule has 0 spiro atoms. The summed E-state index contributed by atoms with van der Waals surface area (Å²) in [6.07, 6.45) is 6.36. The first-order chi connectivity index (χ1) is 11.6. The Labute approximate surface area is 145 Å². The molecule has 0 N–H and O–H groups in total. The second-order valence-electron chi connectivity index (χ2n) is 7.68. The maximum absolute atomic E-state index is 12.0. The van der Waals surface area contributed by atoms with E-state index in [1.165, 1.54) is 49.7 Å². The van der Waals surface area contributed by atoms with E-state index in [1.54, 1.807) is 0 Å². The van der Waals surface area contributed by atoms with Gasteiger partial charge >= 0.3 is 5.97 Å². The minimum Gasteiger partial charge on any atom is -0.482 e. The van der Waals surface area contributed by atoms with Gasteiger partial charge in [0.2, 0.25) is 0 Å². The number of benzene rings is 1. The molecule has 4 nitrogen and oxygen atoms in total. The average molecular weight is 332 g/mol. The Balaban J connectivity index is 1.47. The molecule has 2 heterocycles. The van der Waals surface area contributed by atoms with Crippen molar-refractivity contribution in [1.29, 1.82) is 0 Å². The Kier molecular flexibility index (Phi) is 5.44. The van der Waals surface area contributed by atoms with E-state index in [0.29, 0.717) is 18.6 Å². The Morgan fingerprint density at radius 1 is 1.21 bits per heavy atom. The SMILES string of the molecule is Cc1cccc(OCC(=O)OC[C@@H]2CCC[N+]3(C)CCCC[C@@H]23)c1. The predicted octanol–water partition coefficient (Wildman–Crippen LogP) is 3.33. The molecule has 2 saturated heterocycles. The summed E-state index contributed by atoms with van der Waals surface area (Å²) in [5.41, 5.74) is 1.12. The van der Waals surface area contributed by atoms with Crippen molar-refractivity contribution in [2.75, 3.05) is 33.4 Å². The molecule has 0 aliphatic carbocycles. The maximum Gasteiger partial charge on any atom is 0.344 e. The fourth-order valence-electron chi connectivity index (χ4n) is 4.52. The maximum atomic E-state index is 12.0. The van der Waals surface area contributed by atoms with Gasteiger partial charge in [-0.1, -0.05) is 12.1 Å². The molecule has 0 bridgehead atoms. The summed E-state index contributed by atoms with van der Waals surface area (Å²) in [5.74, 6) is 0.972. The summed E-state index contributed by atoms with van der Waals surface area (Å²) >= 11 is 0. The van der Waals surface area contributed by atoms with Gasteiger partial charge in [-0.15, -0.1) is 0 Å². The van der Waals surface area contributed by atoms with Gasteiger partial charge in [-0.3, -0.25) is 0 Å². The van der Waals surface area contributed by atoms with Crippen LogP contribution in [0.25, 0.3) is 0 Å². The van der Waals surface area contributed by atoms with Gasteiger partial charge in [0, 0.05) is 12.3 Å². The molecule has 0 radical (unpaired) electrons. The number of hydrogen-bond acceptors (Lipinski definition) is 3. The first-order valence-corrected chi connectivity index (χ1v) is 9.26. The zero-order valence-corrected chi connectivity index (χ0v) is 15.0. The average Bonchev–Trinajstić information content (AvgIpc) is 2.57. The van der Waals surface area contributed by atoms with Crippen molar-refractivity contribution >= 4 is 5.97 Å². The molecule has 0 aromatic heterocycles. The molecule has 1 aromatic carbocycles. The number of fused-ring (bicyclic) bond motifs is 1. The third-order valence-corrected chi connectivity index (χ3v) is 5.81. The Morgan fingerprint density at radius 2 is 2.04 bits per heavy atom. The number of quaternary nitrogens is 1. The predicted molar refractivity (Wildman–Crippen MR) is 93.9 cm³/mol. The third-order valence-electron chi connectivity index (χ3n) is 5.81. The monoisotopic (exact) mass is 332 g/mol. The summed E-state index contributed by atoms with van der Waals surface area (Å²) in [7, 11) is 2.39. The molecule has 1 unspecified atom stereocenters. The standard InChI is InChI=1S/C20H30NO3/c1-16-7-5-9-18(13-16)23-15-20(22)24-14-17-8-6-12-21(2)11-4-3-10-19(17)21/h5,7,9,13,17,19H,3-4,6,8,10-12,14-15H2,1-2H3/q+1/t17-,19-,21?/m0/s1. The highest BCUT2D eigenvalue weighted by atomic mass is 16.6. The normalized spacial score (nSPS) is 29.6. The van der Waals surface area contributed by atoms with Gasteiger partial charge in [0.1, 0.15) is 5.75 Å². The smallest absolute Gasteiger partial charge is 0.344 e. The molecular formula is C20H30NO3+. The number of rotatable bonds is 5. The summed E-state index contributed by atoms with van der Waals surface area (Å²) < 4.78 is 12.3. The van der Waals surface area contributed by atoms with Crippen molar-refractivity contribution < 1.29 is 18.8 Å². The van der Waals surface area contributed by atoms with Crippen molar-refractivity contribution in [3.8, 4) is 5.75 Å². The van der Waals surface area contributed by atoms with E-state index < -0.39 is 0 Å². The van der Waals surface area contributed by atoms with Gasteiger partial charge in [0.15, 0.2) is 6.61 Å². The molecule has 3 rings (SSSR count). The Hall–Kier alpha value is -1.55. The molecule has 0 amide bonds. The van der Waals surface area contributed by atoms with Gasteiger partial charge in [-0.05, 0) is 50.3 Å². The molecule has 132 valence electrons. The molecule has 0 saturated carbocycles. The van der Waals surface area contributed by atoms with Gasteiger partial charge in [-0.2, -0.15) is 0 Å². The van der Waals surface area contributed by atoms with E-state index in [-0.39, 0.29) is 12.6 Å². The van der Waals surface area contributed by atoms with Crippen LogP contribution in [-0.4, -0.2) is 49.8 Å². The highest BCUT2D eigenvalue weighted by Gasteiger charge is 2.43. The molecule has 1 aromatic rings. The van der Waals surface area contributed by atoms with Crippen molar-refractivity contribution in [2.24, 2.45) is 5.92 Å². The topological polar surface area (TPSA) is 35.5 Å². The number of hydrogen-bond donors (Lipinski definition) is 0. The first-order valence-electron chi connectivity index (χ1n) is 9.26. The number of carbonyl (C=O) groups excluding carboxylic acids is 1. The molecule has 4 heteroatoms. The number of piperidine rings is 2. The number of ether oxygens (including phenoxy) is 2. The van der Waals surface area contributed by atoms with Crippen LogP contribution in [-0.2, 0) is 9.53 Å². The fraction of sp³-hybridized carbons (Fsp3) is 0.650. The van der Waals surface area contributed by atoms with E-state index >= 15 is 0 Å². The molecule has 2 aliphatic rings. The highest BCUT2D eigenvalue weighted by Crippen LogP contribution is 2.36. The molecular weight excluding hydrogens is 302 g/mol. The van der Waals surface area contributed by atoms with E-state index in [1.807, 2.05) is 31.2 Å². The Morgan fingerprint density at radius 3 is 2.88 bits per heavy atom. The second kappa shape index (κ2) is 7.56. The summed E-state index contributed by atoms with van der Waals surface area (Å²) in [4.78, 5) is 12.0. The quantitative estimate of drug-likeness (QED) is 0.613. The van der Waals surface area contributed by atoms with Crippen molar-refractivity contribution in [2.45, 2.75) is 45.1 Å². The number of nitrogens with zero attached hydrogens (tertiary/aromatic N) is 1. The van der Waals surface area contributed by atoms with Gasteiger partial charge in [0.05, 0.1) is 32.8 Å². The van der Waals surface area contributed by atoms with Crippen LogP contribution in [0, 0.1) is 12.8 Å². The van der Waals surface area contributed by atoms with E-state index in [9.17, 15) is 4.79 Å². The van der Waals surface area contributed by atoms with Crippen LogP contribution in [0.2, 0.25) is 0 Å². The lowest BCUT2D eigenvalue weighted by Crippen LogP contribution is -2.61. The van der Waals surface area contributed by atoms with Gasteiger partial charge in [0.25, 0.3) is 0 Å². The number of aryl methyl sites for hydroxylation is 1. The minimum atomic E-state index is -0.257. The van der Waals surface area contributed by atoms with Crippen molar-refractivity contribution in [3.63, 3.8) is 0 Å². The largest absolute Gasteiger partial charge is 0.482 e. The van der Waals surface area contributed by atoms with E-state index in [0.717, 1.165) is 11.3 Å². The molecule has 3 atom stereocenters. The van der Waals surface area contributed by atoms with E-state index in [2.05, 4.69) is 7.05 Å². The van der Waals surface area contributed by atoms with Crippen molar-refractivity contribution in [3.05, 3.63) is 29.8 Å². The minimum absolute atomic E-state index is 0.00698. The molecule has 2 aliphatic heterocycles. The van der Waals surface area contributed by atoms with Gasteiger partial charge < -0.3 is 14.0 Å². The van der Waals surface area contributed by atoms with Gasteiger partial charge in [-0.25, -0.2) is 4.79 Å². The lowest BCUT2D eigenvalue weighted by Gasteiger charge is -2.51. The zero-order chi connectivity index (χ0) is 17.0. The molecule has 24 heavy (non-hydrogen) atoms. The van der Waals surface area contributed by atoms with Crippen LogP contribution in [0.1, 0.15) is 37.7 Å². The van der Waals surface area contributed by atoms with Crippen LogP contribution in [0.15, 0.2) is 24.3 Å². The van der Waals surface area contributed by atoms with Crippen LogP contribution < -0.4 is 4.74 Å². The fourth-order valence-corrected chi connectivity index (χ4v) is 4.52. The molecule has 2 fully saturated rings. The summed E-state index contributed by atoms with van der Waals surface area (Å²) in [6, 6.07) is 8.40. The van der Waals surface area contributed by atoms with Crippen LogP contribution in [0.4, 0.5) is 0 Å². The van der Waals surface area contributed by atoms with Crippen molar-refractivity contribution in [1.82, 2.24) is 0 Å². The van der Waals surface area contributed by atoms with Crippen LogP contribution >= 0.6 is 0 Å². The third kappa shape index (κ3) is 4.10. The van der Waals surface area contributed by atoms with Crippen LogP contribution in [0.5, 0.6) is 5.75 Å². The second-order valence-corrected chi connectivity index (χ2v) is 7.68. The Bertz CT molecular complexity index is 570. The zero-order valence-electron chi connectivity index (χ0n) is 15.0. The lowest BCUT2D eigenvalue weighted by molar-refractivity contribution is -0.947. The van der Waals surface area contributed by atoms with E-state index in [4.69, 9.17) is 9.47 Å². The summed E-state index contributed by atoms with van der Waals surface area (Å²) in [6.45, 7) is 5.12. The van der Waals surface area contributed by atoms with Crippen LogP contribution in [0.3, 0.4) is 0 Å². The summed E-state index contributed by atoms with van der Waals surface area (Å²) in [5, 5.41) is 0. The number of esters is 1. The lowest BCUT2D eigenvalue weighted by atomic mass is 9.82.